The lowest BCUT2D eigenvalue weighted by Crippen LogP contribution is -2.47. The number of aromatic nitrogens is 5. The van der Waals surface area contributed by atoms with E-state index in [4.69, 9.17) is 4.74 Å². The van der Waals surface area contributed by atoms with Crippen LogP contribution in [0.15, 0.2) is 36.9 Å². The molecule has 118 valence electrons. The van der Waals surface area contributed by atoms with Crippen LogP contribution in [0.25, 0.3) is 5.52 Å². The predicted molar refractivity (Wildman–Crippen MR) is 86.0 cm³/mol. The summed E-state index contributed by atoms with van der Waals surface area (Å²) in [5, 5.41) is 4.26. The van der Waals surface area contributed by atoms with Gasteiger partial charge < -0.3 is 14.5 Å². The quantitative estimate of drug-likeness (QED) is 0.710. The molecule has 1 aliphatic rings. The van der Waals surface area contributed by atoms with Crippen LogP contribution >= 0.6 is 0 Å². The monoisotopic (exact) mass is 311 g/mol. The Morgan fingerprint density at radius 3 is 2.61 bits per heavy atom. The van der Waals surface area contributed by atoms with Crippen molar-refractivity contribution >= 4 is 17.3 Å². The first-order valence-corrected chi connectivity index (χ1v) is 7.50. The van der Waals surface area contributed by atoms with Crippen molar-refractivity contribution in [1.82, 2.24) is 24.6 Å². The zero-order valence-corrected chi connectivity index (χ0v) is 12.8. The summed E-state index contributed by atoms with van der Waals surface area (Å²) in [7, 11) is 1.61. The predicted octanol–water partition coefficient (Wildman–Crippen LogP) is 0.854. The van der Waals surface area contributed by atoms with Gasteiger partial charge >= 0.3 is 0 Å². The lowest BCUT2D eigenvalue weighted by Gasteiger charge is -2.35. The maximum Gasteiger partial charge on any atom is 0.228 e. The molecule has 3 aromatic heterocycles. The first-order valence-electron chi connectivity index (χ1n) is 7.50. The third-order valence-corrected chi connectivity index (χ3v) is 3.99. The van der Waals surface area contributed by atoms with E-state index in [0.717, 1.165) is 37.5 Å². The Morgan fingerprint density at radius 1 is 0.957 bits per heavy atom. The van der Waals surface area contributed by atoms with Crippen molar-refractivity contribution in [1.29, 1.82) is 0 Å². The molecule has 0 aromatic carbocycles. The molecule has 8 heteroatoms. The van der Waals surface area contributed by atoms with Crippen molar-refractivity contribution < 1.29 is 4.74 Å². The highest BCUT2D eigenvalue weighted by Gasteiger charge is 2.21. The number of anilines is 2. The first-order chi connectivity index (χ1) is 11.3. The number of fused-ring (bicyclic) bond motifs is 1. The van der Waals surface area contributed by atoms with Gasteiger partial charge in [-0.15, -0.1) is 0 Å². The maximum absolute atomic E-state index is 5.17. The lowest BCUT2D eigenvalue weighted by atomic mass is 10.3. The molecule has 0 radical (unpaired) electrons. The van der Waals surface area contributed by atoms with E-state index < -0.39 is 0 Å². The highest BCUT2D eigenvalue weighted by molar-refractivity contribution is 5.68. The third-order valence-electron chi connectivity index (χ3n) is 3.99. The SMILES string of the molecule is COc1ccnc(N2CCN(c3nccn4nccc34)CC2)n1. The third kappa shape index (κ3) is 2.52. The Hall–Kier alpha value is -2.90. The highest BCUT2D eigenvalue weighted by atomic mass is 16.5. The minimum atomic E-state index is 0.586. The van der Waals surface area contributed by atoms with Crippen molar-refractivity contribution in [2.75, 3.05) is 43.1 Å². The van der Waals surface area contributed by atoms with Crippen LogP contribution in [0.1, 0.15) is 0 Å². The maximum atomic E-state index is 5.17. The molecule has 3 aromatic rings. The molecule has 0 spiro atoms. The van der Waals surface area contributed by atoms with Gasteiger partial charge in [-0.1, -0.05) is 0 Å². The fourth-order valence-corrected chi connectivity index (χ4v) is 2.80. The molecule has 0 aliphatic carbocycles. The average molecular weight is 311 g/mol. The fraction of sp³-hybridized carbons (Fsp3) is 0.333. The van der Waals surface area contributed by atoms with E-state index in [1.165, 1.54) is 0 Å². The molecular weight excluding hydrogens is 294 g/mol. The molecule has 1 saturated heterocycles. The van der Waals surface area contributed by atoms with Crippen LogP contribution in [-0.2, 0) is 0 Å². The van der Waals surface area contributed by atoms with E-state index in [1.807, 2.05) is 16.8 Å². The molecule has 0 amide bonds. The van der Waals surface area contributed by atoms with Crippen LogP contribution in [0.4, 0.5) is 11.8 Å². The zero-order chi connectivity index (χ0) is 15.6. The second-order valence-electron chi connectivity index (χ2n) is 5.28. The summed E-state index contributed by atoms with van der Waals surface area (Å²) in [4.78, 5) is 17.7. The molecule has 8 nitrogen and oxygen atoms in total. The molecule has 0 atom stereocenters. The normalized spacial score (nSPS) is 15.2. The highest BCUT2D eigenvalue weighted by Crippen LogP contribution is 2.21. The summed E-state index contributed by atoms with van der Waals surface area (Å²) in [6, 6.07) is 3.74. The Morgan fingerprint density at radius 2 is 1.78 bits per heavy atom. The van der Waals surface area contributed by atoms with Crippen LogP contribution in [-0.4, -0.2) is 57.9 Å². The van der Waals surface area contributed by atoms with Crippen molar-refractivity contribution in [2.45, 2.75) is 0 Å². The van der Waals surface area contributed by atoms with Crippen molar-refractivity contribution in [2.24, 2.45) is 0 Å². The van der Waals surface area contributed by atoms with Crippen molar-refractivity contribution in [3.63, 3.8) is 0 Å². The Bertz CT molecular complexity index is 810. The number of hydrogen-bond donors (Lipinski definition) is 0. The van der Waals surface area contributed by atoms with E-state index >= 15 is 0 Å². The second-order valence-corrected chi connectivity index (χ2v) is 5.28. The van der Waals surface area contributed by atoms with Gasteiger partial charge in [0.2, 0.25) is 11.8 Å². The van der Waals surface area contributed by atoms with Gasteiger partial charge in [-0.2, -0.15) is 10.1 Å². The number of methoxy groups -OCH3 is 1. The molecular formula is C15H17N7O. The number of ether oxygens (including phenoxy) is 1. The Balaban J connectivity index is 1.51. The van der Waals surface area contributed by atoms with Crippen LogP contribution in [0, 0.1) is 0 Å². The molecule has 0 unspecified atom stereocenters. The zero-order valence-electron chi connectivity index (χ0n) is 12.8. The second kappa shape index (κ2) is 5.71. The van der Waals surface area contributed by atoms with Crippen LogP contribution in [0.3, 0.4) is 0 Å². The lowest BCUT2D eigenvalue weighted by molar-refractivity contribution is 0.396. The molecule has 4 rings (SSSR count). The van der Waals surface area contributed by atoms with Gasteiger partial charge in [-0.25, -0.2) is 14.5 Å². The fourth-order valence-electron chi connectivity index (χ4n) is 2.80. The van der Waals surface area contributed by atoms with E-state index in [0.29, 0.717) is 11.8 Å². The number of piperazine rings is 1. The van der Waals surface area contributed by atoms with E-state index in [1.54, 1.807) is 31.8 Å². The number of hydrogen-bond acceptors (Lipinski definition) is 7. The molecule has 0 bridgehead atoms. The smallest absolute Gasteiger partial charge is 0.228 e. The van der Waals surface area contributed by atoms with Gasteiger partial charge in [0.25, 0.3) is 0 Å². The molecule has 23 heavy (non-hydrogen) atoms. The van der Waals surface area contributed by atoms with Crippen LogP contribution in [0.2, 0.25) is 0 Å². The summed E-state index contributed by atoms with van der Waals surface area (Å²) in [5.74, 6) is 2.26. The van der Waals surface area contributed by atoms with Gasteiger partial charge in [-0.05, 0) is 6.07 Å². The minimum absolute atomic E-state index is 0.586. The summed E-state index contributed by atoms with van der Waals surface area (Å²) in [5.41, 5.74) is 1.03. The topological polar surface area (TPSA) is 71.7 Å². The van der Waals surface area contributed by atoms with Gasteiger partial charge in [0.1, 0.15) is 5.52 Å². The molecule has 0 saturated carbocycles. The van der Waals surface area contributed by atoms with E-state index in [-0.39, 0.29) is 0 Å². The van der Waals surface area contributed by atoms with Gasteiger partial charge in [-0.3, -0.25) is 0 Å². The van der Waals surface area contributed by atoms with Gasteiger partial charge in [0, 0.05) is 50.8 Å². The molecule has 4 heterocycles. The molecule has 1 fully saturated rings. The van der Waals surface area contributed by atoms with Crippen molar-refractivity contribution in [3.8, 4) is 5.88 Å². The van der Waals surface area contributed by atoms with Gasteiger partial charge in [0.05, 0.1) is 13.3 Å². The Labute approximate surface area is 133 Å². The largest absolute Gasteiger partial charge is 0.481 e. The average Bonchev–Trinajstić information content (AvgIpc) is 3.11. The summed E-state index contributed by atoms with van der Waals surface area (Å²) in [6.07, 6.45) is 7.16. The summed E-state index contributed by atoms with van der Waals surface area (Å²) < 4.78 is 7.01. The molecule has 1 aliphatic heterocycles. The Kier molecular flexibility index (Phi) is 3.41. The molecule has 0 N–H and O–H groups in total. The first kappa shape index (κ1) is 13.7. The summed E-state index contributed by atoms with van der Waals surface area (Å²) >= 11 is 0. The number of nitrogens with zero attached hydrogens (tertiary/aromatic N) is 7. The minimum Gasteiger partial charge on any atom is -0.481 e. The standard InChI is InChI=1S/C15H17N7O/c1-23-13-3-4-17-15(19-13)21-10-8-20(9-11-21)14-12-2-5-18-22(12)7-6-16-14/h2-7H,8-11H2,1H3. The van der Waals surface area contributed by atoms with Gasteiger partial charge in [0.15, 0.2) is 5.82 Å². The van der Waals surface area contributed by atoms with E-state index in [9.17, 15) is 0 Å². The van der Waals surface area contributed by atoms with Crippen LogP contribution < -0.4 is 14.5 Å². The van der Waals surface area contributed by atoms with Crippen molar-refractivity contribution in [3.05, 3.63) is 36.9 Å². The van der Waals surface area contributed by atoms with Crippen LogP contribution in [0.5, 0.6) is 5.88 Å². The van der Waals surface area contributed by atoms with E-state index in [2.05, 4.69) is 29.9 Å². The summed E-state index contributed by atoms with van der Waals surface area (Å²) in [6.45, 7) is 3.39. The number of rotatable bonds is 3.